The molecule has 0 spiro atoms. The number of nitrogens with zero attached hydrogens (tertiary/aromatic N) is 2. The first-order chi connectivity index (χ1) is 8.78. The maximum Gasteiger partial charge on any atom is 0.145 e. The van der Waals surface area contributed by atoms with Crippen LogP contribution in [-0.2, 0) is 0 Å². The quantitative estimate of drug-likeness (QED) is 0.897. The average molecular weight is 311 g/mol. The van der Waals surface area contributed by atoms with Crippen molar-refractivity contribution in [1.82, 2.24) is 9.97 Å². The van der Waals surface area contributed by atoms with Crippen LogP contribution in [-0.4, -0.2) is 23.6 Å². The molecule has 1 aromatic rings. The van der Waals surface area contributed by atoms with Gasteiger partial charge in [-0.05, 0) is 52.9 Å². The molecular weight excluding hydrogens is 292 g/mol. The Labute approximate surface area is 116 Å². The lowest BCUT2D eigenvalue weighted by Crippen LogP contribution is -2.20. The summed E-state index contributed by atoms with van der Waals surface area (Å²) >= 11 is 3.54. The van der Waals surface area contributed by atoms with Crippen molar-refractivity contribution in [2.45, 2.75) is 25.7 Å². The van der Waals surface area contributed by atoms with E-state index in [4.69, 9.17) is 0 Å². The summed E-state index contributed by atoms with van der Waals surface area (Å²) < 4.78 is 0.927. The smallest absolute Gasteiger partial charge is 0.145 e. The number of rotatable bonds is 4. The SMILES string of the molecule is CNc1ncnc(NCC2CC3CCC2C3)c1Br. The maximum absolute atomic E-state index is 4.30. The number of hydrogen-bond acceptors (Lipinski definition) is 4. The number of aromatic nitrogens is 2. The average Bonchev–Trinajstić information content (AvgIpc) is 3.00. The molecule has 2 aliphatic rings. The molecule has 98 valence electrons. The van der Waals surface area contributed by atoms with Crippen LogP contribution in [0.25, 0.3) is 0 Å². The number of hydrogen-bond donors (Lipinski definition) is 2. The van der Waals surface area contributed by atoms with Crippen molar-refractivity contribution in [1.29, 1.82) is 0 Å². The van der Waals surface area contributed by atoms with Crippen LogP contribution in [0.15, 0.2) is 10.8 Å². The van der Waals surface area contributed by atoms with Crippen molar-refractivity contribution < 1.29 is 0 Å². The van der Waals surface area contributed by atoms with E-state index in [1.54, 1.807) is 6.33 Å². The van der Waals surface area contributed by atoms with Crippen LogP contribution in [0.3, 0.4) is 0 Å². The summed E-state index contributed by atoms with van der Waals surface area (Å²) in [5.41, 5.74) is 0. The summed E-state index contributed by atoms with van der Waals surface area (Å²) in [6, 6.07) is 0. The van der Waals surface area contributed by atoms with Crippen molar-refractivity contribution in [2.24, 2.45) is 17.8 Å². The Morgan fingerprint density at radius 2 is 2.11 bits per heavy atom. The molecule has 5 heteroatoms. The molecule has 3 atom stereocenters. The third-order valence-electron chi connectivity index (χ3n) is 4.44. The molecule has 3 rings (SSSR count). The Balaban J connectivity index is 1.63. The minimum Gasteiger partial charge on any atom is -0.372 e. The van der Waals surface area contributed by atoms with Crippen LogP contribution >= 0.6 is 15.9 Å². The second-order valence-electron chi connectivity index (χ2n) is 5.45. The van der Waals surface area contributed by atoms with Crippen molar-refractivity contribution in [3.63, 3.8) is 0 Å². The topological polar surface area (TPSA) is 49.8 Å². The molecule has 2 N–H and O–H groups in total. The van der Waals surface area contributed by atoms with E-state index in [1.807, 2.05) is 7.05 Å². The maximum atomic E-state index is 4.30. The Bertz CT molecular complexity index is 437. The largest absolute Gasteiger partial charge is 0.372 e. The van der Waals surface area contributed by atoms with Gasteiger partial charge in [-0.3, -0.25) is 0 Å². The van der Waals surface area contributed by atoms with Crippen LogP contribution < -0.4 is 10.6 Å². The van der Waals surface area contributed by atoms with Gasteiger partial charge in [0.25, 0.3) is 0 Å². The second-order valence-corrected chi connectivity index (χ2v) is 6.24. The second kappa shape index (κ2) is 5.03. The van der Waals surface area contributed by atoms with E-state index in [0.717, 1.165) is 40.4 Å². The van der Waals surface area contributed by atoms with Gasteiger partial charge in [-0.2, -0.15) is 0 Å². The molecule has 2 bridgehead atoms. The minimum atomic E-state index is 0.834. The van der Waals surface area contributed by atoms with E-state index in [-0.39, 0.29) is 0 Å². The zero-order chi connectivity index (χ0) is 12.5. The van der Waals surface area contributed by atoms with Gasteiger partial charge < -0.3 is 10.6 Å². The lowest BCUT2D eigenvalue weighted by molar-refractivity contribution is 0.348. The van der Waals surface area contributed by atoms with E-state index in [0.29, 0.717) is 0 Å². The summed E-state index contributed by atoms with van der Waals surface area (Å²) in [5, 5.41) is 6.53. The first-order valence-corrected chi connectivity index (χ1v) is 7.49. The zero-order valence-electron chi connectivity index (χ0n) is 10.6. The van der Waals surface area contributed by atoms with Crippen molar-refractivity contribution in [3.05, 3.63) is 10.8 Å². The summed E-state index contributed by atoms with van der Waals surface area (Å²) in [4.78, 5) is 8.47. The van der Waals surface area contributed by atoms with E-state index in [2.05, 4.69) is 36.5 Å². The van der Waals surface area contributed by atoms with Gasteiger partial charge in [-0.25, -0.2) is 9.97 Å². The fourth-order valence-electron chi connectivity index (χ4n) is 3.52. The normalized spacial score (nSPS) is 29.6. The molecule has 0 radical (unpaired) electrons. The molecule has 0 amide bonds. The van der Waals surface area contributed by atoms with Gasteiger partial charge in [0.15, 0.2) is 0 Å². The van der Waals surface area contributed by atoms with Gasteiger partial charge >= 0.3 is 0 Å². The van der Waals surface area contributed by atoms with Crippen LogP contribution in [0.4, 0.5) is 11.6 Å². The zero-order valence-corrected chi connectivity index (χ0v) is 12.2. The van der Waals surface area contributed by atoms with Crippen LogP contribution in [0.1, 0.15) is 25.7 Å². The Morgan fingerprint density at radius 1 is 1.28 bits per heavy atom. The van der Waals surface area contributed by atoms with Gasteiger partial charge in [-0.15, -0.1) is 0 Å². The van der Waals surface area contributed by atoms with Gasteiger partial charge in [-0.1, -0.05) is 6.42 Å². The van der Waals surface area contributed by atoms with Gasteiger partial charge in [0.05, 0.1) is 0 Å². The number of fused-ring (bicyclic) bond motifs is 2. The van der Waals surface area contributed by atoms with Crippen molar-refractivity contribution in [3.8, 4) is 0 Å². The lowest BCUT2D eigenvalue weighted by atomic mass is 9.89. The molecule has 3 unspecified atom stereocenters. The minimum absolute atomic E-state index is 0.834. The highest BCUT2D eigenvalue weighted by Crippen LogP contribution is 2.48. The van der Waals surface area contributed by atoms with E-state index in [9.17, 15) is 0 Å². The van der Waals surface area contributed by atoms with Crippen LogP contribution in [0.5, 0.6) is 0 Å². The number of nitrogens with one attached hydrogen (secondary N) is 2. The standard InChI is InChI=1S/C13H19BrN4/c1-15-12-11(14)13(18-7-17-12)16-6-10-5-8-2-3-9(10)4-8/h7-10H,2-6H2,1H3,(H2,15,16,17,18). The predicted molar refractivity (Wildman–Crippen MR) is 76.7 cm³/mol. The van der Waals surface area contributed by atoms with E-state index in [1.165, 1.54) is 25.7 Å². The highest BCUT2D eigenvalue weighted by Gasteiger charge is 2.39. The van der Waals surface area contributed by atoms with Gasteiger partial charge in [0.2, 0.25) is 0 Å². The summed E-state index contributed by atoms with van der Waals surface area (Å²) in [6.45, 7) is 1.04. The fourth-order valence-corrected chi connectivity index (χ4v) is 4.06. The molecule has 18 heavy (non-hydrogen) atoms. The molecule has 0 saturated heterocycles. The van der Waals surface area contributed by atoms with Gasteiger partial charge in [0.1, 0.15) is 22.4 Å². The first kappa shape index (κ1) is 12.2. The molecule has 1 heterocycles. The highest BCUT2D eigenvalue weighted by atomic mass is 79.9. The summed E-state index contributed by atoms with van der Waals surface area (Å²) in [5.74, 6) is 4.52. The molecule has 2 fully saturated rings. The number of halogens is 1. The molecule has 4 nitrogen and oxygen atoms in total. The van der Waals surface area contributed by atoms with Crippen molar-refractivity contribution >= 4 is 27.6 Å². The monoisotopic (exact) mass is 310 g/mol. The Morgan fingerprint density at radius 3 is 2.78 bits per heavy atom. The van der Waals surface area contributed by atoms with E-state index >= 15 is 0 Å². The molecule has 2 saturated carbocycles. The van der Waals surface area contributed by atoms with Gasteiger partial charge in [0, 0.05) is 13.6 Å². The summed E-state index contributed by atoms with van der Waals surface area (Å²) in [6.07, 6.45) is 7.35. The molecule has 1 aromatic heterocycles. The third-order valence-corrected chi connectivity index (χ3v) is 5.19. The molecular formula is C13H19BrN4. The third kappa shape index (κ3) is 2.20. The number of anilines is 2. The predicted octanol–water partition coefficient (Wildman–Crippen LogP) is 3.13. The van der Waals surface area contributed by atoms with E-state index < -0.39 is 0 Å². The molecule has 0 aliphatic heterocycles. The molecule has 0 aromatic carbocycles. The fraction of sp³-hybridized carbons (Fsp3) is 0.692. The highest BCUT2D eigenvalue weighted by molar-refractivity contribution is 9.10. The Kier molecular flexibility index (Phi) is 3.41. The Hall–Kier alpha value is -0.840. The first-order valence-electron chi connectivity index (χ1n) is 6.70. The van der Waals surface area contributed by atoms with Crippen LogP contribution in [0.2, 0.25) is 0 Å². The van der Waals surface area contributed by atoms with Crippen molar-refractivity contribution in [2.75, 3.05) is 24.2 Å². The van der Waals surface area contributed by atoms with Crippen LogP contribution in [0, 0.1) is 17.8 Å². The molecule has 2 aliphatic carbocycles. The lowest BCUT2D eigenvalue weighted by Gasteiger charge is -2.22. The summed E-state index contributed by atoms with van der Waals surface area (Å²) in [7, 11) is 1.87.